The highest BCUT2D eigenvalue weighted by molar-refractivity contribution is 5.88. The third kappa shape index (κ3) is 5.00. The molecule has 1 unspecified atom stereocenters. The highest BCUT2D eigenvalue weighted by Crippen LogP contribution is 2.29. The second-order valence-electron chi connectivity index (χ2n) is 7.41. The van der Waals surface area contributed by atoms with E-state index >= 15 is 0 Å². The number of amides is 2. The van der Waals surface area contributed by atoms with Crippen molar-refractivity contribution in [2.45, 2.75) is 50.7 Å². The van der Waals surface area contributed by atoms with Crippen LogP contribution in [0.15, 0.2) is 18.2 Å². The summed E-state index contributed by atoms with van der Waals surface area (Å²) in [7, 11) is 0. The van der Waals surface area contributed by atoms with Crippen LogP contribution in [0, 0.1) is 23.1 Å². The minimum absolute atomic E-state index is 0.0103. The zero-order chi connectivity index (χ0) is 21.1. The summed E-state index contributed by atoms with van der Waals surface area (Å²) < 4.78 is 53.5. The van der Waals surface area contributed by atoms with Crippen LogP contribution in [0.1, 0.15) is 44.2 Å². The number of nitriles is 1. The number of carbonyl (C=O) groups excluding carboxylic acids is 2. The number of alkyl halides is 3. The first-order valence-electron chi connectivity index (χ1n) is 8.81. The smallest absolute Gasteiger partial charge is 0.354 e. The number of nitrogens with zero attached hydrogens (tertiary/aromatic N) is 1. The Labute approximate surface area is 160 Å². The fraction of sp³-hybridized carbons (Fsp3) is 0.526. The summed E-state index contributed by atoms with van der Waals surface area (Å²) in [5, 5.41) is 13.4. The van der Waals surface area contributed by atoms with E-state index in [1.165, 1.54) is 19.9 Å². The third-order valence-corrected chi connectivity index (χ3v) is 4.95. The summed E-state index contributed by atoms with van der Waals surface area (Å²) in [4.78, 5) is 24.5. The Morgan fingerprint density at radius 3 is 2.39 bits per heavy atom. The molecule has 0 saturated heterocycles. The van der Waals surface area contributed by atoms with Gasteiger partial charge in [-0.3, -0.25) is 9.59 Å². The van der Waals surface area contributed by atoms with Crippen molar-refractivity contribution >= 4 is 11.8 Å². The van der Waals surface area contributed by atoms with Crippen LogP contribution < -0.4 is 10.6 Å². The Morgan fingerprint density at radius 1 is 1.25 bits per heavy atom. The van der Waals surface area contributed by atoms with Crippen molar-refractivity contribution in [1.29, 1.82) is 5.26 Å². The molecular weight excluding hydrogens is 378 g/mol. The molecule has 1 aromatic carbocycles. The van der Waals surface area contributed by atoms with Crippen LogP contribution in [0.2, 0.25) is 0 Å². The van der Waals surface area contributed by atoms with Crippen LogP contribution in [-0.2, 0) is 15.0 Å². The van der Waals surface area contributed by atoms with Crippen LogP contribution in [0.25, 0.3) is 0 Å². The molecule has 0 aromatic heterocycles. The maximum atomic E-state index is 13.7. The summed E-state index contributed by atoms with van der Waals surface area (Å²) in [5.74, 6) is -5.10. The molecule has 2 rings (SSSR count). The molecule has 0 heterocycles. The molecule has 1 fully saturated rings. The summed E-state index contributed by atoms with van der Waals surface area (Å²) >= 11 is 0. The van der Waals surface area contributed by atoms with Gasteiger partial charge < -0.3 is 10.6 Å². The van der Waals surface area contributed by atoms with Gasteiger partial charge in [0.25, 0.3) is 0 Å². The maximum absolute atomic E-state index is 13.7. The Morgan fingerprint density at radius 2 is 1.89 bits per heavy atom. The largest absolute Gasteiger partial charge is 0.402 e. The lowest BCUT2D eigenvalue weighted by Gasteiger charge is -2.30. The first-order valence-corrected chi connectivity index (χ1v) is 8.81. The number of nitrogens with one attached hydrogen (secondary N) is 2. The normalized spacial score (nSPS) is 15.9. The van der Waals surface area contributed by atoms with Crippen molar-refractivity contribution in [3.8, 4) is 6.07 Å². The molecule has 0 spiro atoms. The molecule has 152 valence electrons. The predicted octanol–water partition coefficient (Wildman–Crippen LogP) is 2.94. The molecule has 0 bridgehead atoms. The van der Waals surface area contributed by atoms with E-state index in [0.29, 0.717) is 12.8 Å². The van der Waals surface area contributed by atoms with Gasteiger partial charge in [0.2, 0.25) is 11.8 Å². The highest BCUT2D eigenvalue weighted by Gasteiger charge is 2.46. The van der Waals surface area contributed by atoms with Gasteiger partial charge >= 0.3 is 6.18 Å². The number of halogens is 4. The molecular formula is C19H21F4N3O2. The van der Waals surface area contributed by atoms with Gasteiger partial charge in [-0.1, -0.05) is 0 Å². The number of carbonyl (C=O) groups is 2. The Hall–Kier alpha value is -2.63. The first kappa shape index (κ1) is 21.7. The SMILES string of the molecule is CC(C)(C(=O)NCC(C(=O)NC1CCC1)C(F)(F)F)c1cc(F)cc(C#N)c1. The molecule has 0 radical (unpaired) electrons. The van der Waals surface area contributed by atoms with E-state index in [0.717, 1.165) is 18.6 Å². The van der Waals surface area contributed by atoms with Crippen LogP contribution in [0.4, 0.5) is 17.6 Å². The number of benzene rings is 1. The Bertz CT molecular complexity index is 795. The zero-order valence-corrected chi connectivity index (χ0v) is 15.5. The fourth-order valence-corrected chi connectivity index (χ4v) is 2.77. The topological polar surface area (TPSA) is 82.0 Å². The fourth-order valence-electron chi connectivity index (χ4n) is 2.77. The molecule has 0 aliphatic heterocycles. The van der Waals surface area contributed by atoms with Gasteiger partial charge in [-0.2, -0.15) is 18.4 Å². The number of hydrogen-bond acceptors (Lipinski definition) is 3. The van der Waals surface area contributed by atoms with Crippen LogP contribution in [-0.4, -0.2) is 30.6 Å². The van der Waals surface area contributed by atoms with E-state index in [-0.39, 0.29) is 17.2 Å². The van der Waals surface area contributed by atoms with E-state index < -0.39 is 41.7 Å². The van der Waals surface area contributed by atoms with E-state index in [1.54, 1.807) is 6.07 Å². The van der Waals surface area contributed by atoms with Crippen molar-refractivity contribution in [2.75, 3.05) is 6.54 Å². The minimum Gasteiger partial charge on any atom is -0.354 e. The molecule has 5 nitrogen and oxygen atoms in total. The first-order chi connectivity index (χ1) is 12.9. The van der Waals surface area contributed by atoms with Gasteiger partial charge in [0.05, 0.1) is 17.0 Å². The van der Waals surface area contributed by atoms with E-state index in [9.17, 15) is 27.2 Å². The lowest BCUT2D eigenvalue weighted by atomic mass is 9.82. The van der Waals surface area contributed by atoms with Gasteiger partial charge in [-0.05, 0) is 56.9 Å². The lowest BCUT2D eigenvalue weighted by molar-refractivity contribution is -0.182. The quantitative estimate of drug-likeness (QED) is 0.722. The zero-order valence-electron chi connectivity index (χ0n) is 15.5. The van der Waals surface area contributed by atoms with Gasteiger partial charge in [-0.25, -0.2) is 4.39 Å². The number of rotatable bonds is 6. The molecule has 28 heavy (non-hydrogen) atoms. The Kier molecular flexibility index (Phi) is 6.32. The van der Waals surface area contributed by atoms with E-state index in [1.807, 2.05) is 0 Å². The molecule has 1 atom stereocenters. The van der Waals surface area contributed by atoms with Gasteiger partial charge in [0.15, 0.2) is 5.92 Å². The average molecular weight is 399 g/mol. The van der Waals surface area contributed by atoms with Crippen molar-refractivity contribution in [1.82, 2.24) is 10.6 Å². The van der Waals surface area contributed by atoms with Crippen molar-refractivity contribution < 1.29 is 27.2 Å². The second-order valence-corrected chi connectivity index (χ2v) is 7.41. The van der Waals surface area contributed by atoms with E-state index in [2.05, 4.69) is 10.6 Å². The van der Waals surface area contributed by atoms with Crippen molar-refractivity contribution in [3.63, 3.8) is 0 Å². The minimum atomic E-state index is -4.82. The lowest BCUT2D eigenvalue weighted by Crippen LogP contribution is -2.52. The summed E-state index contributed by atoms with van der Waals surface area (Å²) in [6.07, 6.45) is -2.70. The van der Waals surface area contributed by atoms with Gasteiger partial charge in [0, 0.05) is 12.6 Å². The van der Waals surface area contributed by atoms with Gasteiger partial charge in [-0.15, -0.1) is 0 Å². The molecule has 1 aliphatic rings. The van der Waals surface area contributed by atoms with E-state index in [4.69, 9.17) is 5.26 Å². The molecule has 2 amide bonds. The van der Waals surface area contributed by atoms with Gasteiger partial charge in [0.1, 0.15) is 5.82 Å². The summed E-state index contributed by atoms with van der Waals surface area (Å²) in [6.45, 7) is 1.87. The van der Waals surface area contributed by atoms with Crippen molar-refractivity contribution in [3.05, 3.63) is 35.1 Å². The summed E-state index contributed by atoms with van der Waals surface area (Å²) in [6, 6.07) is 4.83. The molecule has 1 aromatic rings. The van der Waals surface area contributed by atoms with Crippen LogP contribution in [0.3, 0.4) is 0 Å². The molecule has 2 N–H and O–H groups in total. The highest BCUT2D eigenvalue weighted by atomic mass is 19.4. The third-order valence-electron chi connectivity index (χ3n) is 4.95. The van der Waals surface area contributed by atoms with Crippen LogP contribution in [0.5, 0.6) is 0 Å². The Balaban J connectivity index is 2.11. The molecule has 1 saturated carbocycles. The number of hydrogen-bond donors (Lipinski definition) is 2. The van der Waals surface area contributed by atoms with Crippen LogP contribution >= 0.6 is 0 Å². The standard InChI is InChI=1S/C19H21F4N3O2/c1-18(2,12-6-11(9-24)7-13(20)8-12)17(28)25-10-15(19(21,22)23)16(27)26-14-4-3-5-14/h6-8,14-15H,3-5,10H2,1-2H3,(H,25,28)(H,26,27). The predicted molar refractivity (Wildman–Crippen MR) is 92.5 cm³/mol. The maximum Gasteiger partial charge on any atom is 0.402 e. The molecule has 9 heteroatoms. The summed E-state index contributed by atoms with van der Waals surface area (Å²) in [5.41, 5.74) is -1.28. The van der Waals surface area contributed by atoms with Crippen molar-refractivity contribution in [2.24, 2.45) is 5.92 Å². The monoisotopic (exact) mass is 399 g/mol. The average Bonchev–Trinajstić information content (AvgIpc) is 2.56. The second kappa shape index (κ2) is 8.17. The molecule has 1 aliphatic carbocycles.